The van der Waals surface area contributed by atoms with Crippen LogP contribution in [0, 0.1) is 13.8 Å². The lowest BCUT2D eigenvalue weighted by molar-refractivity contribution is 1.04. The maximum Gasteiger partial charge on any atom is 0.178 e. The lowest BCUT2D eigenvalue weighted by atomic mass is 10.2. The molecule has 2 aromatic rings. The van der Waals surface area contributed by atoms with Crippen LogP contribution in [0.4, 0.5) is 0 Å². The molecule has 0 saturated carbocycles. The summed E-state index contributed by atoms with van der Waals surface area (Å²) in [7, 11) is 0. The molecule has 16 heavy (non-hydrogen) atoms. The molecule has 4 heteroatoms. The lowest BCUT2D eigenvalue weighted by Crippen LogP contribution is -1.97. The van der Waals surface area contributed by atoms with E-state index >= 15 is 0 Å². The van der Waals surface area contributed by atoms with E-state index in [9.17, 15) is 0 Å². The molecule has 0 radical (unpaired) electrons. The zero-order chi connectivity index (χ0) is 11.5. The molecule has 0 amide bonds. The Bertz CT molecular complexity index is 491. The fourth-order valence-electron chi connectivity index (χ4n) is 1.52. The molecule has 0 aliphatic heterocycles. The van der Waals surface area contributed by atoms with E-state index in [1.165, 1.54) is 0 Å². The fraction of sp³-hybridized carbons (Fsp3) is 0.250. The topological polar surface area (TPSA) is 38.7 Å². The van der Waals surface area contributed by atoms with Crippen LogP contribution in [0.15, 0.2) is 24.3 Å². The van der Waals surface area contributed by atoms with Gasteiger partial charge >= 0.3 is 0 Å². The first-order valence-corrected chi connectivity index (χ1v) is 5.57. The highest BCUT2D eigenvalue weighted by Crippen LogP contribution is 2.14. The van der Waals surface area contributed by atoms with Gasteiger partial charge in [-0.1, -0.05) is 6.07 Å². The predicted molar refractivity (Wildman–Crippen MR) is 64.3 cm³/mol. The normalized spacial score (nSPS) is 10.4. The first-order valence-electron chi connectivity index (χ1n) is 5.03. The van der Waals surface area contributed by atoms with Crippen molar-refractivity contribution in [1.29, 1.82) is 0 Å². The molecule has 0 saturated heterocycles. The zero-order valence-corrected chi connectivity index (χ0v) is 9.99. The lowest BCUT2D eigenvalue weighted by Gasteiger charge is -2.03. The third-order valence-electron chi connectivity index (χ3n) is 2.16. The Morgan fingerprint density at radius 2 is 1.75 bits per heavy atom. The zero-order valence-electron chi connectivity index (χ0n) is 9.24. The van der Waals surface area contributed by atoms with E-state index < -0.39 is 0 Å². The van der Waals surface area contributed by atoms with Gasteiger partial charge in [0.2, 0.25) is 0 Å². The van der Waals surface area contributed by atoms with Crippen LogP contribution in [0.2, 0.25) is 0 Å². The van der Waals surface area contributed by atoms with Gasteiger partial charge in [0.05, 0.1) is 11.6 Å². The highest BCUT2D eigenvalue weighted by molar-refractivity contribution is 6.16. The van der Waals surface area contributed by atoms with E-state index in [1.807, 2.05) is 38.1 Å². The van der Waals surface area contributed by atoms with E-state index in [2.05, 4.69) is 15.0 Å². The van der Waals surface area contributed by atoms with Crippen molar-refractivity contribution < 1.29 is 0 Å². The fourth-order valence-corrected chi connectivity index (χ4v) is 1.67. The first kappa shape index (κ1) is 11.0. The number of alkyl halides is 1. The molecule has 0 aliphatic carbocycles. The Morgan fingerprint density at radius 1 is 1.06 bits per heavy atom. The summed E-state index contributed by atoms with van der Waals surface area (Å²) in [6.45, 7) is 3.90. The van der Waals surface area contributed by atoms with Gasteiger partial charge in [0.1, 0.15) is 5.69 Å². The monoisotopic (exact) mass is 233 g/mol. The average molecular weight is 234 g/mol. The molecule has 82 valence electrons. The standard InChI is InChI=1S/C12H12ClN3/c1-8-6-9(2)15-12(14-8)11-5-3-4-10(7-13)16-11/h3-6H,7H2,1-2H3. The Labute approximate surface area is 99.5 Å². The van der Waals surface area contributed by atoms with Crippen LogP contribution in [0.3, 0.4) is 0 Å². The minimum absolute atomic E-state index is 0.401. The van der Waals surface area contributed by atoms with Crippen molar-refractivity contribution in [3.8, 4) is 11.5 Å². The van der Waals surface area contributed by atoms with Crippen molar-refractivity contribution in [3.05, 3.63) is 41.3 Å². The Morgan fingerprint density at radius 3 is 2.38 bits per heavy atom. The van der Waals surface area contributed by atoms with Crippen LogP contribution < -0.4 is 0 Å². The molecule has 0 unspecified atom stereocenters. The summed E-state index contributed by atoms with van der Waals surface area (Å²) < 4.78 is 0. The molecule has 0 aromatic carbocycles. The van der Waals surface area contributed by atoms with E-state index in [0.29, 0.717) is 11.7 Å². The van der Waals surface area contributed by atoms with Crippen molar-refractivity contribution in [3.63, 3.8) is 0 Å². The van der Waals surface area contributed by atoms with Gasteiger partial charge in [-0.25, -0.2) is 15.0 Å². The van der Waals surface area contributed by atoms with Crippen LogP contribution in [-0.2, 0) is 5.88 Å². The van der Waals surface area contributed by atoms with Gasteiger partial charge in [-0.05, 0) is 32.0 Å². The van der Waals surface area contributed by atoms with E-state index in [0.717, 1.165) is 22.8 Å². The number of hydrogen-bond donors (Lipinski definition) is 0. The van der Waals surface area contributed by atoms with Gasteiger partial charge in [-0.15, -0.1) is 11.6 Å². The van der Waals surface area contributed by atoms with Gasteiger partial charge in [-0.3, -0.25) is 0 Å². The molecule has 0 spiro atoms. The van der Waals surface area contributed by atoms with Crippen LogP contribution in [0.25, 0.3) is 11.5 Å². The van der Waals surface area contributed by atoms with E-state index in [1.54, 1.807) is 0 Å². The van der Waals surface area contributed by atoms with Crippen molar-refractivity contribution in [2.75, 3.05) is 0 Å². The van der Waals surface area contributed by atoms with Crippen LogP contribution in [-0.4, -0.2) is 15.0 Å². The summed E-state index contributed by atoms with van der Waals surface area (Å²) in [6, 6.07) is 7.64. The average Bonchev–Trinajstić information content (AvgIpc) is 2.28. The summed E-state index contributed by atoms with van der Waals surface area (Å²) in [6.07, 6.45) is 0. The molecule has 0 aliphatic rings. The molecule has 3 nitrogen and oxygen atoms in total. The number of nitrogens with zero attached hydrogens (tertiary/aromatic N) is 3. The number of aromatic nitrogens is 3. The maximum absolute atomic E-state index is 5.75. The second-order valence-corrected chi connectivity index (χ2v) is 3.89. The van der Waals surface area contributed by atoms with E-state index in [4.69, 9.17) is 11.6 Å². The second-order valence-electron chi connectivity index (χ2n) is 3.62. The van der Waals surface area contributed by atoms with Crippen LogP contribution >= 0.6 is 11.6 Å². The third kappa shape index (κ3) is 2.36. The van der Waals surface area contributed by atoms with Gasteiger partial charge in [-0.2, -0.15) is 0 Å². The second kappa shape index (κ2) is 4.58. The number of hydrogen-bond acceptors (Lipinski definition) is 3. The van der Waals surface area contributed by atoms with Gasteiger partial charge in [0.15, 0.2) is 5.82 Å². The number of rotatable bonds is 2. The Kier molecular flexibility index (Phi) is 3.15. The van der Waals surface area contributed by atoms with Crippen molar-refractivity contribution >= 4 is 11.6 Å². The van der Waals surface area contributed by atoms with Gasteiger partial charge in [0.25, 0.3) is 0 Å². The van der Waals surface area contributed by atoms with E-state index in [-0.39, 0.29) is 0 Å². The molecule has 0 bridgehead atoms. The van der Waals surface area contributed by atoms with Crippen LogP contribution in [0.1, 0.15) is 17.1 Å². The maximum atomic E-state index is 5.75. The largest absolute Gasteiger partial charge is 0.248 e. The van der Waals surface area contributed by atoms with Crippen molar-refractivity contribution in [1.82, 2.24) is 15.0 Å². The molecular formula is C12H12ClN3. The highest BCUT2D eigenvalue weighted by atomic mass is 35.5. The summed E-state index contributed by atoms with van der Waals surface area (Å²) in [5.41, 5.74) is 3.49. The van der Waals surface area contributed by atoms with Gasteiger partial charge < -0.3 is 0 Å². The Hall–Kier alpha value is -1.48. The summed E-state index contributed by atoms with van der Waals surface area (Å²) in [4.78, 5) is 13.1. The molecule has 0 N–H and O–H groups in total. The highest BCUT2D eigenvalue weighted by Gasteiger charge is 2.05. The minimum atomic E-state index is 0.401. The SMILES string of the molecule is Cc1cc(C)nc(-c2cccc(CCl)n2)n1. The quantitative estimate of drug-likeness (QED) is 0.749. The molecule has 2 aromatic heterocycles. The van der Waals surface area contributed by atoms with Crippen molar-refractivity contribution in [2.45, 2.75) is 19.7 Å². The molecule has 2 heterocycles. The molecular weight excluding hydrogens is 222 g/mol. The summed E-state index contributed by atoms with van der Waals surface area (Å²) >= 11 is 5.75. The van der Waals surface area contributed by atoms with Crippen molar-refractivity contribution in [2.24, 2.45) is 0 Å². The smallest absolute Gasteiger partial charge is 0.178 e. The number of halogens is 1. The molecule has 0 fully saturated rings. The molecule has 2 rings (SSSR count). The Balaban J connectivity index is 2.49. The minimum Gasteiger partial charge on any atom is -0.248 e. The first-order chi connectivity index (χ1) is 7.69. The molecule has 0 atom stereocenters. The predicted octanol–water partition coefficient (Wildman–Crippen LogP) is 2.89. The van der Waals surface area contributed by atoms with Gasteiger partial charge in [0, 0.05) is 11.4 Å². The summed E-state index contributed by atoms with van der Waals surface area (Å²) in [5.74, 6) is 1.06. The number of aryl methyl sites for hydroxylation is 2. The number of pyridine rings is 1. The van der Waals surface area contributed by atoms with Crippen LogP contribution in [0.5, 0.6) is 0 Å². The summed E-state index contributed by atoms with van der Waals surface area (Å²) in [5, 5.41) is 0. The third-order valence-corrected chi connectivity index (χ3v) is 2.43.